The van der Waals surface area contributed by atoms with Gasteiger partial charge in [0.1, 0.15) is 5.76 Å². The molecule has 0 spiro atoms. The summed E-state index contributed by atoms with van der Waals surface area (Å²) >= 11 is 7.45. The highest BCUT2D eigenvalue weighted by Crippen LogP contribution is 2.29. The molecule has 126 valence electrons. The lowest BCUT2D eigenvalue weighted by Crippen LogP contribution is -1.85. The summed E-state index contributed by atoms with van der Waals surface area (Å²) in [6, 6.07) is 9.08. The summed E-state index contributed by atoms with van der Waals surface area (Å²) < 4.78 is 16.1. The second-order valence-corrected chi connectivity index (χ2v) is 6.38. The number of furan rings is 1. The SMILES string of the molecule is Cc1occc1-c1nnc(SCc2noc(-c3ccccc3Cl)n2)o1. The van der Waals surface area contributed by atoms with Crippen LogP contribution in [0.4, 0.5) is 0 Å². The first kappa shape index (κ1) is 15.9. The maximum Gasteiger partial charge on any atom is 0.277 e. The lowest BCUT2D eigenvalue weighted by atomic mass is 10.2. The molecule has 0 saturated carbocycles. The number of benzene rings is 1. The first-order valence-electron chi connectivity index (χ1n) is 7.29. The van der Waals surface area contributed by atoms with E-state index < -0.39 is 0 Å². The molecule has 4 aromatic rings. The lowest BCUT2D eigenvalue weighted by molar-refractivity contribution is 0.425. The Kier molecular flexibility index (Phi) is 4.29. The number of aromatic nitrogens is 4. The summed E-state index contributed by atoms with van der Waals surface area (Å²) in [5, 5.41) is 12.9. The van der Waals surface area contributed by atoms with Crippen molar-refractivity contribution in [2.75, 3.05) is 0 Å². The Morgan fingerprint density at radius 1 is 1.08 bits per heavy atom. The normalized spacial score (nSPS) is 11.1. The van der Waals surface area contributed by atoms with E-state index in [2.05, 4.69) is 20.3 Å². The number of rotatable bonds is 5. The molecule has 3 heterocycles. The van der Waals surface area contributed by atoms with Crippen LogP contribution in [0.5, 0.6) is 0 Å². The zero-order valence-electron chi connectivity index (χ0n) is 13.0. The molecule has 0 saturated heterocycles. The van der Waals surface area contributed by atoms with Gasteiger partial charge in [-0.15, -0.1) is 10.2 Å². The molecule has 0 atom stereocenters. The maximum absolute atomic E-state index is 6.13. The Morgan fingerprint density at radius 2 is 1.96 bits per heavy atom. The third kappa shape index (κ3) is 3.31. The number of hydrogen-bond donors (Lipinski definition) is 0. The van der Waals surface area contributed by atoms with Crippen LogP contribution in [0, 0.1) is 6.92 Å². The van der Waals surface area contributed by atoms with Crippen LogP contribution in [0.1, 0.15) is 11.6 Å². The monoisotopic (exact) mass is 374 g/mol. The molecule has 9 heteroatoms. The Hall–Kier alpha value is -2.58. The highest BCUT2D eigenvalue weighted by atomic mass is 35.5. The molecular weight excluding hydrogens is 364 g/mol. The Bertz CT molecular complexity index is 1010. The van der Waals surface area contributed by atoms with Gasteiger partial charge in [-0.3, -0.25) is 0 Å². The second kappa shape index (κ2) is 6.73. The highest BCUT2D eigenvalue weighted by Gasteiger charge is 2.15. The number of thioether (sulfide) groups is 1. The fraction of sp³-hybridized carbons (Fsp3) is 0.125. The molecule has 4 rings (SSSR count). The van der Waals surface area contributed by atoms with Crippen molar-refractivity contribution in [2.45, 2.75) is 17.9 Å². The van der Waals surface area contributed by atoms with Crippen LogP contribution >= 0.6 is 23.4 Å². The van der Waals surface area contributed by atoms with E-state index in [1.165, 1.54) is 11.8 Å². The van der Waals surface area contributed by atoms with Crippen molar-refractivity contribution in [2.24, 2.45) is 0 Å². The predicted molar refractivity (Wildman–Crippen MR) is 91.0 cm³/mol. The third-order valence-electron chi connectivity index (χ3n) is 3.39. The Balaban J connectivity index is 1.45. The Labute approximate surface area is 151 Å². The van der Waals surface area contributed by atoms with E-state index in [0.29, 0.717) is 39.2 Å². The maximum atomic E-state index is 6.13. The predicted octanol–water partition coefficient (Wildman–Crippen LogP) is 4.63. The van der Waals surface area contributed by atoms with Crippen molar-refractivity contribution in [3.63, 3.8) is 0 Å². The van der Waals surface area contributed by atoms with E-state index in [4.69, 9.17) is 25.0 Å². The topological polar surface area (TPSA) is 91.0 Å². The van der Waals surface area contributed by atoms with Gasteiger partial charge in [0.05, 0.1) is 28.2 Å². The average molecular weight is 375 g/mol. The number of hydrogen-bond acceptors (Lipinski definition) is 8. The average Bonchev–Trinajstić information content (AvgIpc) is 3.33. The second-order valence-electron chi connectivity index (χ2n) is 5.05. The molecule has 0 fully saturated rings. The summed E-state index contributed by atoms with van der Waals surface area (Å²) in [6.45, 7) is 1.84. The summed E-state index contributed by atoms with van der Waals surface area (Å²) in [7, 11) is 0. The standard InChI is InChI=1S/C16H11ClN4O3S/c1-9-10(6-7-22-9)15-19-20-16(23-15)25-8-13-18-14(24-21-13)11-4-2-3-5-12(11)17/h2-7H,8H2,1H3. The molecule has 1 aromatic carbocycles. The minimum Gasteiger partial charge on any atom is -0.469 e. The van der Waals surface area contributed by atoms with Crippen LogP contribution < -0.4 is 0 Å². The van der Waals surface area contributed by atoms with Gasteiger partial charge >= 0.3 is 0 Å². The smallest absolute Gasteiger partial charge is 0.277 e. The van der Waals surface area contributed by atoms with Gasteiger partial charge in [0, 0.05) is 0 Å². The van der Waals surface area contributed by atoms with Crippen LogP contribution in [-0.2, 0) is 5.75 Å². The van der Waals surface area contributed by atoms with Crippen molar-refractivity contribution in [3.05, 3.63) is 53.2 Å². The van der Waals surface area contributed by atoms with E-state index in [0.717, 1.165) is 11.3 Å². The number of nitrogens with zero attached hydrogens (tertiary/aromatic N) is 4. The molecule has 0 radical (unpaired) electrons. The summed E-state index contributed by atoms with van der Waals surface area (Å²) in [6.07, 6.45) is 1.58. The molecule has 25 heavy (non-hydrogen) atoms. The largest absolute Gasteiger partial charge is 0.469 e. The van der Waals surface area contributed by atoms with Crippen molar-refractivity contribution in [3.8, 4) is 22.9 Å². The van der Waals surface area contributed by atoms with Gasteiger partial charge in [-0.25, -0.2) is 0 Å². The summed E-state index contributed by atoms with van der Waals surface area (Å²) in [5.41, 5.74) is 1.48. The first-order chi connectivity index (χ1) is 12.2. The zero-order valence-corrected chi connectivity index (χ0v) is 14.5. The van der Waals surface area contributed by atoms with Crippen LogP contribution in [-0.4, -0.2) is 20.3 Å². The molecule has 0 N–H and O–H groups in total. The van der Waals surface area contributed by atoms with E-state index in [-0.39, 0.29) is 0 Å². The molecule has 7 nitrogen and oxygen atoms in total. The van der Waals surface area contributed by atoms with Gasteiger partial charge in [-0.1, -0.05) is 40.7 Å². The molecule has 0 bridgehead atoms. The van der Waals surface area contributed by atoms with Crippen LogP contribution in [0.2, 0.25) is 5.02 Å². The fourth-order valence-corrected chi connectivity index (χ4v) is 2.99. The molecular formula is C16H11ClN4O3S. The Morgan fingerprint density at radius 3 is 2.76 bits per heavy atom. The van der Waals surface area contributed by atoms with Crippen molar-refractivity contribution < 1.29 is 13.4 Å². The van der Waals surface area contributed by atoms with Crippen molar-refractivity contribution in [1.29, 1.82) is 0 Å². The van der Waals surface area contributed by atoms with Crippen molar-refractivity contribution in [1.82, 2.24) is 20.3 Å². The van der Waals surface area contributed by atoms with E-state index in [1.54, 1.807) is 18.4 Å². The number of aryl methyl sites for hydroxylation is 1. The van der Waals surface area contributed by atoms with Crippen LogP contribution in [0.3, 0.4) is 0 Å². The zero-order chi connectivity index (χ0) is 17.2. The van der Waals surface area contributed by atoms with Gasteiger partial charge < -0.3 is 13.4 Å². The van der Waals surface area contributed by atoms with E-state index in [9.17, 15) is 0 Å². The van der Waals surface area contributed by atoms with Crippen LogP contribution in [0.25, 0.3) is 22.9 Å². The first-order valence-corrected chi connectivity index (χ1v) is 8.65. The molecule has 3 aromatic heterocycles. The van der Waals surface area contributed by atoms with Gasteiger partial charge in [-0.2, -0.15) is 4.98 Å². The molecule has 0 unspecified atom stereocenters. The lowest BCUT2D eigenvalue weighted by Gasteiger charge is -1.95. The van der Waals surface area contributed by atoms with Gasteiger partial charge in [0.2, 0.25) is 0 Å². The van der Waals surface area contributed by atoms with Crippen LogP contribution in [0.15, 0.2) is 55.2 Å². The quantitative estimate of drug-likeness (QED) is 0.467. The third-order valence-corrected chi connectivity index (χ3v) is 4.54. The van der Waals surface area contributed by atoms with Crippen molar-refractivity contribution >= 4 is 23.4 Å². The fourth-order valence-electron chi connectivity index (χ4n) is 2.17. The molecule has 0 aliphatic heterocycles. The van der Waals surface area contributed by atoms with Gasteiger partial charge in [0.25, 0.3) is 17.0 Å². The summed E-state index contributed by atoms with van der Waals surface area (Å²) in [4.78, 5) is 4.34. The van der Waals surface area contributed by atoms with Gasteiger partial charge in [-0.05, 0) is 25.1 Å². The minimum absolute atomic E-state index is 0.376. The van der Waals surface area contributed by atoms with Gasteiger partial charge in [0.15, 0.2) is 5.82 Å². The summed E-state index contributed by atoms with van der Waals surface area (Å²) in [5.74, 6) is 2.46. The molecule has 0 aliphatic carbocycles. The van der Waals surface area contributed by atoms with E-state index >= 15 is 0 Å². The van der Waals surface area contributed by atoms with E-state index in [1.807, 2.05) is 25.1 Å². The highest BCUT2D eigenvalue weighted by molar-refractivity contribution is 7.98. The molecule has 0 aliphatic rings. The number of halogens is 1. The molecule has 0 amide bonds. The minimum atomic E-state index is 0.376.